The fourth-order valence-electron chi connectivity index (χ4n) is 2.10. The Labute approximate surface area is 82.0 Å². The lowest BCUT2D eigenvalue weighted by Gasteiger charge is -2.23. The molecule has 0 amide bonds. The van der Waals surface area contributed by atoms with E-state index in [1.54, 1.807) is 0 Å². The summed E-state index contributed by atoms with van der Waals surface area (Å²) in [6.45, 7) is 2.24. The van der Waals surface area contributed by atoms with Crippen LogP contribution >= 0.6 is 0 Å². The van der Waals surface area contributed by atoms with Crippen molar-refractivity contribution in [1.29, 1.82) is 0 Å². The van der Waals surface area contributed by atoms with Crippen LogP contribution in [0.2, 0.25) is 0 Å². The molecule has 2 aromatic rings. The van der Waals surface area contributed by atoms with Crippen LogP contribution in [0, 0.1) is 0 Å². The first-order valence-electron chi connectivity index (χ1n) is 5.13. The van der Waals surface area contributed by atoms with E-state index in [2.05, 4.69) is 17.4 Å². The fourth-order valence-corrected chi connectivity index (χ4v) is 2.10. The summed E-state index contributed by atoms with van der Waals surface area (Å²) in [5.41, 5.74) is 3.10. The smallest absolute Gasteiger partial charge is 0.225 e. The summed E-state index contributed by atoms with van der Waals surface area (Å²) in [7, 11) is 0. The van der Waals surface area contributed by atoms with Gasteiger partial charge in [0, 0.05) is 6.54 Å². The van der Waals surface area contributed by atoms with Crippen LogP contribution in [0.3, 0.4) is 0 Å². The maximum absolute atomic E-state index is 4.89. The lowest BCUT2D eigenvalue weighted by atomic mass is 9.92. The predicted octanol–water partition coefficient (Wildman–Crippen LogP) is 2.49. The molecule has 1 aromatic heterocycles. The lowest BCUT2D eigenvalue weighted by Crippen LogP contribution is -2.28. The molecule has 1 saturated heterocycles. The van der Waals surface area contributed by atoms with Crippen molar-refractivity contribution in [3.63, 3.8) is 0 Å². The van der Waals surface area contributed by atoms with Gasteiger partial charge < -0.3 is 5.32 Å². The van der Waals surface area contributed by atoms with E-state index >= 15 is 0 Å². The van der Waals surface area contributed by atoms with E-state index in [4.69, 9.17) is 9.15 Å². The van der Waals surface area contributed by atoms with Crippen LogP contribution in [-0.2, 0) is 0 Å². The Balaban J connectivity index is 1.90. The average Bonchev–Trinajstić information content (AvgIpc) is 2.21. The van der Waals surface area contributed by atoms with Gasteiger partial charge in [0.25, 0.3) is 0 Å². The fraction of sp³-hybridized carbons (Fsp3) is 0.455. The second-order valence-electron chi connectivity index (χ2n) is 3.92. The molecule has 3 heteroatoms. The lowest BCUT2D eigenvalue weighted by molar-refractivity contribution is 0.0588. The van der Waals surface area contributed by atoms with Crippen LogP contribution in [-0.4, -0.2) is 13.1 Å². The zero-order valence-corrected chi connectivity index (χ0v) is 7.95. The van der Waals surface area contributed by atoms with Gasteiger partial charge in [-0.3, -0.25) is 9.15 Å². The van der Waals surface area contributed by atoms with Crippen molar-refractivity contribution in [3.8, 4) is 0 Å². The van der Waals surface area contributed by atoms with Gasteiger partial charge in [0.1, 0.15) is 0 Å². The van der Waals surface area contributed by atoms with Gasteiger partial charge in [-0.05, 0) is 43.0 Å². The van der Waals surface area contributed by atoms with Crippen LogP contribution in [0.15, 0.2) is 27.4 Å². The second-order valence-corrected chi connectivity index (χ2v) is 3.92. The third-order valence-electron chi connectivity index (χ3n) is 2.96. The Morgan fingerprint density at radius 2 is 2.14 bits per heavy atom. The number of hydrogen-bond acceptors (Lipinski definition) is 3. The minimum atomic E-state index is 0.637. The number of benzene rings is 1. The van der Waals surface area contributed by atoms with E-state index in [0.29, 0.717) is 5.92 Å². The van der Waals surface area contributed by atoms with Gasteiger partial charge in [-0.1, -0.05) is 6.07 Å². The van der Waals surface area contributed by atoms with E-state index in [1.165, 1.54) is 18.4 Å². The molecule has 1 N–H and O–H groups in total. The van der Waals surface area contributed by atoms with Crippen molar-refractivity contribution < 1.29 is 9.15 Å². The molecule has 0 radical (unpaired) electrons. The summed E-state index contributed by atoms with van der Waals surface area (Å²) in [6, 6.07) is 6.22. The van der Waals surface area contributed by atoms with Gasteiger partial charge in [0.15, 0.2) is 0 Å². The molecular weight excluding hydrogens is 178 g/mol. The van der Waals surface area contributed by atoms with Crippen LogP contribution in [0.25, 0.3) is 11.2 Å². The van der Waals surface area contributed by atoms with Crippen LogP contribution in [0.5, 0.6) is 0 Å². The second kappa shape index (κ2) is 3.17. The Kier molecular flexibility index (Phi) is 1.84. The topological polar surface area (TPSA) is 38.3 Å². The van der Waals surface area contributed by atoms with E-state index in [9.17, 15) is 0 Å². The largest absolute Gasteiger partial charge is 0.316 e. The molecule has 1 aromatic carbocycles. The quantitative estimate of drug-likeness (QED) is 0.704. The first-order chi connectivity index (χ1) is 6.93. The van der Waals surface area contributed by atoms with Crippen molar-refractivity contribution >= 4 is 11.2 Å². The number of piperidine rings is 1. The van der Waals surface area contributed by atoms with Crippen molar-refractivity contribution in [1.82, 2.24) is 5.32 Å². The Bertz CT molecular complexity index is 423. The molecule has 3 nitrogen and oxygen atoms in total. The molecule has 0 aliphatic carbocycles. The zero-order chi connectivity index (χ0) is 9.38. The summed E-state index contributed by atoms with van der Waals surface area (Å²) in [4.78, 5) is 0. The van der Waals surface area contributed by atoms with Gasteiger partial charge in [-0.15, -0.1) is 0 Å². The van der Waals surface area contributed by atoms with Gasteiger partial charge in [0.2, 0.25) is 11.2 Å². The predicted molar refractivity (Wildman–Crippen MR) is 53.3 cm³/mol. The molecule has 74 valence electrons. The molecule has 14 heavy (non-hydrogen) atoms. The monoisotopic (exact) mass is 191 g/mol. The molecule has 1 fully saturated rings. The number of fused-ring (bicyclic) bond motifs is 1. The first-order valence-corrected chi connectivity index (χ1v) is 5.13. The molecule has 0 bridgehead atoms. The molecule has 1 aliphatic heterocycles. The van der Waals surface area contributed by atoms with Crippen LogP contribution < -0.4 is 5.32 Å². The van der Waals surface area contributed by atoms with E-state index < -0.39 is 0 Å². The van der Waals surface area contributed by atoms with Crippen molar-refractivity contribution in [2.75, 3.05) is 13.1 Å². The van der Waals surface area contributed by atoms with E-state index in [1.807, 2.05) is 6.07 Å². The third kappa shape index (κ3) is 1.24. The maximum Gasteiger partial charge on any atom is 0.225 e. The Hall–Kier alpha value is -1.22. The summed E-state index contributed by atoms with van der Waals surface area (Å²) in [6.07, 6.45) is 2.53. The van der Waals surface area contributed by atoms with Gasteiger partial charge in [-0.25, -0.2) is 0 Å². The standard InChI is InChI=1S/C11H13NO2/c1-2-9(7-12-5-1)8-3-4-10-11(6-8)14-13-10/h3-4,6,9,12H,1-2,5,7H2. The summed E-state index contributed by atoms with van der Waals surface area (Å²) in [5, 5.41) is 3.41. The van der Waals surface area contributed by atoms with Gasteiger partial charge in [0.05, 0.1) is 0 Å². The summed E-state index contributed by atoms with van der Waals surface area (Å²) in [5.74, 6) is 0.637. The molecule has 1 aliphatic rings. The van der Waals surface area contributed by atoms with Crippen LogP contribution in [0.4, 0.5) is 0 Å². The third-order valence-corrected chi connectivity index (χ3v) is 2.96. The first kappa shape index (κ1) is 8.12. The minimum Gasteiger partial charge on any atom is -0.316 e. The molecule has 1 unspecified atom stereocenters. The molecule has 0 saturated carbocycles. The summed E-state index contributed by atoms with van der Waals surface area (Å²) >= 11 is 0. The van der Waals surface area contributed by atoms with E-state index in [0.717, 1.165) is 24.3 Å². The molecular formula is C11H13NO2. The minimum absolute atomic E-state index is 0.637. The molecule has 3 rings (SSSR count). The highest BCUT2D eigenvalue weighted by Crippen LogP contribution is 2.27. The van der Waals surface area contributed by atoms with E-state index in [-0.39, 0.29) is 0 Å². The van der Waals surface area contributed by atoms with Gasteiger partial charge in [-0.2, -0.15) is 0 Å². The van der Waals surface area contributed by atoms with Crippen molar-refractivity contribution in [3.05, 3.63) is 23.8 Å². The molecule has 1 atom stereocenters. The number of nitrogens with one attached hydrogen (secondary N) is 1. The molecule has 0 spiro atoms. The van der Waals surface area contributed by atoms with Gasteiger partial charge >= 0.3 is 0 Å². The highest BCUT2D eigenvalue weighted by molar-refractivity contribution is 5.71. The van der Waals surface area contributed by atoms with Crippen LogP contribution in [0.1, 0.15) is 24.3 Å². The summed E-state index contributed by atoms with van der Waals surface area (Å²) < 4.78 is 9.69. The highest BCUT2D eigenvalue weighted by atomic mass is 17.0. The Morgan fingerprint density at radius 1 is 1.21 bits per heavy atom. The number of hydrogen-bond donors (Lipinski definition) is 1. The normalized spacial score (nSPS) is 23.0. The maximum atomic E-state index is 4.89. The zero-order valence-electron chi connectivity index (χ0n) is 7.95. The SMILES string of the molecule is c1cc2ooc2cc1C1CCCNC1. The van der Waals surface area contributed by atoms with Crippen molar-refractivity contribution in [2.45, 2.75) is 18.8 Å². The average molecular weight is 191 g/mol. The highest BCUT2D eigenvalue weighted by Gasteiger charge is 2.16. The van der Waals surface area contributed by atoms with Crippen molar-refractivity contribution in [2.24, 2.45) is 0 Å². The molecule has 2 heterocycles. The Morgan fingerprint density at radius 3 is 2.79 bits per heavy atom. The number of rotatable bonds is 1.